The average molecular weight is 230 g/mol. The van der Waals surface area contributed by atoms with Gasteiger partial charge < -0.3 is 20.4 Å². The highest BCUT2D eigenvalue weighted by atomic mass is 16.3. The Morgan fingerprint density at radius 2 is 2.12 bits per heavy atom. The number of carbonyl (C=O) groups excluding carboxylic acids is 1. The molecule has 1 aliphatic rings. The summed E-state index contributed by atoms with van der Waals surface area (Å²) in [7, 11) is 0. The minimum atomic E-state index is 0.0819. The van der Waals surface area contributed by atoms with Gasteiger partial charge in [0.05, 0.1) is 6.61 Å². The Bertz CT molecular complexity index is 223. The van der Waals surface area contributed by atoms with Crippen LogP contribution < -0.4 is 5.32 Å². The molecule has 16 heavy (non-hydrogen) atoms. The summed E-state index contributed by atoms with van der Waals surface area (Å²) >= 11 is 0. The smallest absolute Gasteiger partial charge is 0.219 e. The Labute approximate surface area is 96.4 Å². The summed E-state index contributed by atoms with van der Waals surface area (Å²) in [5.41, 5.74) is 0. The number of nitrogens with one attached hydrogen (secondary N) is 1. The third-order valence-corrected chi connectivity index (χ3v) is 3.06. The molecule has 0 spiro atoms. The van der Waals surface area contributed by atoms with Crippen molar-refractivity contribution in [1.29, 1.82) is 0 Å². The zero-order valence-corrected chi connectivity index (χ0v) is 9.85. The Kier molecular flexibility index (Phi) is 5.73. The molecular weight excluding hydrogens is 208 g/mol. The molecule has 1 heterocycles. The van der Waals surface area contributed by atoms with E-state index in [4.69, 9.17) is 10.2 Å². The Hall–Kier alpha value is -0.650. The molecule has 2 unspecified atom stereocenters. The number of hydrogen-bond acceptors (Lipinski definition) is 4. The number of carbonyl (C=O) groups is 1. The van der Waals surface area contributed by atoms with Crippen molar-refractivity contribution in [3.63, 3.8) is 0 Å². The molecule has 0 aromatic carbocycles. The van der Waals surface area contributed by atoms with Gasteiger partial charge in [-0.2, -0.15) is 0 Å². The monoisotopic (exact) mass is 230 g/mol. The van der Waals surface area contributed by atoms with Crippen molar-refractivity contribution >= 4 is 5.91 Å². The molecule has 2 atom stereocenters. The molecule has 0 aromatic rings. The number of piperidine rings is 1. The van der Waals surface area contributed by atoms with Gasteiger partial charge in [-0.25, -0.2) is 0 Å². The molecule has 1 aliphatic heterocycles. The molecule has 94 valence electrons. The SMILES string of the molecule is CC(=O)N1CC(CCO)CC(NCCO)C1. The highest BCUT2D eigenvalue weighted by molar-refractivity contribution is 5.73. The Morgan fingerprint density at radius 3 is 2.69 bits per heavy atom. The van der Waals surface area contributed by atoms with Gasteiger partial charge in [0.2, 0.25) is 5.91 Å². The first-order valence-corrected chi connectivity index (χ1v) is 5.88. The summed E-state index contributed by atoms with van der Waals surface area (Å²) in [6.07, 6.45) is 1.70. The highest BCUT2D eigenvalue weighted by Crippen LogP contribution is 2.19. The summed E-state index contributed by atoms with van der Waals surface area (Å²) in [6.45, 7) is 3.86. The van der Waals surface area contributed by atoms with Crippen molar-refractivity contribution in [1.82, 2.24) is 10.2 Å². The molecule has 5 heteroatoms. The lowest BCUT2D eigenvalue weighted by Crippen LogP contribution is -2.51. The maximum Gasteiger partial charge on any atom is 0.219 e. The lowest BCUT2D eigenvalue weighted by molar-refractivity contribution is -0.131. The number of aliphatic hydroxyl groups is 2. The van der Waals surface area contributed by atoms with E-state index in [-0.39, 0.29) is 25.2 Å². The van der Waals surface area contributed by atoms with Crippen molar-refractivity contribution in [2.45, 2.75) is 25.8 Å². The van der Waals surface area contributed by atoms with Crippen LogP contribution in [0.2, 0.25) is 0 Å². The van der Waals surface area contributed by atoms with E-state index in [0.717, 1.165) is 19.4 Å². The van der Waals surface area contributed by atoms with Crippen LogP contribution in [0.4, 0.5) is 0 Å². The number of amides is 1. The summed E-state index contributed by atoms with van der Waals surface area (Å²) in [6, 6.07) is 0.237. The second-order valence-corrected chi connectivity index (χ2v) is 4.41. The summed E-state index contributed by atoms with van der Waals surface area (Å²) < 4.78 is 0. The minimum absolute atomic E-state index is 0.0819. The largest absolute Gasteiger partial charge is 0.396 e. The first-order valence-electron chi connectivity index (χ1n) is 5.88. The van der Waals surface area contributed by atoms with Gasteiger partial charge in [0.15, 0.2) is 0 Å². The second kappa shape index (κ2) is 6.83. The van der Waals surface area contributed by atoms with E-state index >= 15 is 0 Å². The fraction of sp³-hybridized carbons (Fsp3) is 0.909. The molecule has 1 amide bonds. The number of hydrogen-bond donors (Lipinski definition) is 3. The summed E-state index contributed by atoms with van der Waals surface area (Å²) in [4.78, 5) is 13.2. The molecule has 3 N–H and O–H groups in total. The van der Waals surface area contributed by atoms with Crippen LogP contribution in [0.3, 0.4) is 0 Å². The maximum absolute atomic E-state index is 11.4. The molecule has 0 saturated carbocycles. The van der Waals surface area contributed by atoms with Crippen LogP contribution in [-0.4, -0.2) is 59.9 Å². The predicted octanol–water partition coefficient (Wildman–Crippen LogP) is -0.812. The van der Waals surface area contributed by atoms with Crippen molar-refractivity contribution in [3.05, 3.63) is 0 Å². The molecule has 1 saturated heterocycles. The standard InChI is InChI=1S/C11H22N2O3/c1-9(16)13-7-10(2-4-14)6-11(8-13)12-3-5-15/h10-12,14-15H,2-8H2,1H3. The molecule has 5 nitrogen and oxygen atoms in total. The quantitative estimate of drug-likeness (QED) is 0.577. The van der Waals surface area contributed by atoms with Gasteiger partial charge in [-0.05, 0) is 18.8 Å². The first kappa shape index (κ1) is 13.4. The lowest BCUT2D eigenvalue weighted by Gasteiger charge is -2.37. The molecule has 0 aromatic heterocycles. The van der Waals surface area contributed by atoms with E-state index in [2.05, 4.69) is 5.32 Å². The van der Waals surface area contributed by atoms with Gasteiger partial charge >= 0.3 is 0 Å². The van der Waals surface area contributed by atoms with Gasteiger partial charge in [0, 0.05) is 39.2 Å². The van der Waals surface area contributed by atoms with Crippen LogP contribution in [0.15, 0.2) is 0 Å². The van der Waals surface area contributed by atoms with Crippen molar-refractivity contribution in [2.24, 2.45) is 5.92 Å². The summed E-state index contributed by atoms with van der Waals surface area (Å²) in [5, 5.41) is 20.9. The number of aliphatic hydroxyl groups excluding tert-OH is 2. The van der Waals surface area contributed by atoms with Crippen LogP contribution in [0.1, 0.15) is 19.8 Å². The lowest BCUT2D eigenvalue weighted by atomic mass is 9.91. The zero-order chi connectivity index (χ0) is 12.0. The normalized spacial score (nSPS) is 25.8. The Balaban J connectivity index is 2.48. The Morgan fingerprint density at radius 1 is 1.38 bits per heavy atom. The predicted molar refractivity (Wildman–Crippen MR) is 60.9 cm³/mol. The van der Waals surface area contributed by atoms with Gasteiger partial charge in [0.25, 0.3) is 0 Å². The average Bonchev–Trinajstić information content (AvgIpc) is 2.26. The molecule has 1 fully saturated rings. The van der Waals surface area contributed by atoms with Gasteiger partial charge in [-0.15, -0.1) is 0 Å². The van der Waals surface area contributed by atoms with E-state index in [1.54, 1.807) is 6.92 Å². The number of nitrogens with zero attached hydrogens (tertiary/aromatic N) is 1. The van der Waals surface area contributed by atoms with Crippen LogP contribution in [0, 0.1) is 5.92 Å². The number of likely N-dealkylation sites (tertiary alicyclic amines) is 1. The molecule has 0 radical (unpaired) electrons. The van der Waals surface area contributed by atoms with E-state index in [1.165, 1.54) is 0 Å². The van der Waals surface area contributed by atoms with Crippen molar-refractivity contribution in [3.8, 4) is 0 Å². The van der Waals surface area contributed by atoms with Gasteiger partial charge in [0.1, 0.15) is 0 Å². The van der Waals surface area contributed by atoms with E-state index in [1.807, 2.05) is 4.90 Å². The fourth-order valence-corrected chi connectivity index (χ4v) is 2.27. The molecule has 0 aliphatic carbocycles. The van der Waals surface area contributed by atoms with Crippen LogP contribution in [0.5, 0.6) is 0 Å². The number of rotatable bonds is 5. The highest BCUT2D eigenvalue weighted by Gasteiger charge is 2.27. The van der Waals surface area contributed by atoms with E-state index < -0.39 is 0 Å². The first-order chi connectivity index (χ1) is 7.67. The fourth-order valence-electron chi connectivity index (χ4n) is 2.27. The molecule has 1 rings (SSSR count). The topological polar surface area (TPSA) is 72.8 Å². The third kappa shape index (κ3) is 4.08. The maximum atomic E-state index is 11.4. The second-order valence-electron chi connectivity index (χ2n) is 4.41. The van der Waals surface area contributed by atoms with Crippen LogP contribution in [0.25, 0.3) is 0 Å². The third-order valence-electron chi connectivity index (χ3n) is 3.06. The van der Waals surface area contributed by atoms with Gasteiger partial charge in [-0.1, -0.05) is 0 Å². The van der Waals surface area contributed by atoms with Crippen molar-refractivity contribution < 1.29 is 15.0 Å². The van der Waals surface area contributed by atoms with Crippen LogP contribution >= 0.6 is 0 Å². The van der Waals surface area contributed by atoms with Crippen LogP contribution in [-0.2, 0) is 4.79 Å². The van der Waals surface area contributed by atoms with E-state index in [9.17, 15) is 4.79 Å². The van der Waals surface area contributed by atoms with Gasteiger partial charge in [-0.3, -0.25) is 4.79 Å². The van der Waals surface area contributed by atoms with E-state index in [0.29, 0.717) is 19.0 Å². The minimum Gasteiger partial charge on any atom is -0.396 e. The molecule has 0 bridgehead atoms. The zero-order valence-electron chi connectivity index (χ0n) is 9.85. The summed E-state index contributed by atoms with van der Waals surface area (Å²) in [5.74, 6) is 0.442. The molecular formula is C11H22N2O3. The van der Waals surface area contributed by atoms with Crippen molar-refractivity contribution in [2.75, 3.05) is 32.8 Å².